The van der Waals surface area contributed by atoms with Crippen LogP contribution in [0.15, 0.2) is 11.6 Å². The maximum atomic E-state index is 11.4. The predicted octanol–water partition coefficient (Wildman–Crippen LogP) is 3.76. The van der Waals surface area contributed by atoms with Crippen molar-refractivity contribution in [1.82, 2.24) is 4.90 Å². The molecule has 0 rings (SSSR count). The van der Waals surface area contributed by atoms with Gasteiger partial charge in [0, 0.05) is 28.5 Å². The molecule has 0 aliphatic rings. The molecule has 0 spiro atoms. The Kier molecular flexibility index (Phi) is 12.1. The number of allylic oxidation sites excluding steroid dienone is 1. The van der Waals surface area contributed by atoms with Crippen LogP contribution in [-0.2, 0) is 9.32 Å². The fraction of sp³-hybridized carbons (Fsp3) is 0.769. The summed E-state index contributed by atoms with van der Waals surface area (Å²) in [6.45, 7) is 8.39. The van der Waals surface area contributed by atoms with Crippen molar-refractivity contribution in [2.75, 3.05) is 19.7 Å². The Morgan fingerprint density at radius 1 is 1.33 bits per heavy atom. The van der Waals surface area contributed by atoms with Crippen LogP contribution < -0.4 is 0 Å². The van der Waals surface area contributed by atoms with E-state index in [-0.39, 0.29) is 5.91 Å². The van der Waals surface area contributed by atoms with E-state index in [2.05, 4.69) is 28.9 Å². The zero-order valence-electron chi connectivity index (χ0n) is 11.9. The number of unbranched alkanes of at least 4 members (excludes halogenated alkanes) is 1. The summed E-state index contributed by atoms with van der Waals surface area (Å²) in [5.41, 5.74) is 1.34. The van der Waals surface area contributed by atoms with Gasteiger partial charge in [-0.15, -0.1) is 0 Å². The van der Waals surface area contributed by atoms with Crippen LogP contribution in [0.4, 0.5) is 0 Å². The molecule has 0 heterocycles. The summed E-state index contributed by atoms with van der Waals surface area (Å²) in [4.78, 5) is 13.4. The number of rotatable bonds is 10. The minimum Gasteiger partial charge on any atom is -0.354 e. The molecule has 5 heteroatoms. The van der Waals surface area contributed by atoms with Gasteiger partial charge in [-0.3, -0.25) is 4.79 Å². The Hall–Kier alpha value is 0.0300. The van der Waals surface area contributed by atoms with Gasteiger partial charge in [-0.05, 0) is 26.2 Å². The van der Waals surface area contributed by atoms with Crippen LogP contribution in [0.3, 0.4) is 0 Å². The molecule has 0 fully saturated rings. The highest BCUT2D eigenvalue weighted by Crippen LogP contribution is 2.20. The molecule has 0 aromatic carbocycles. The number of hydrogen-bond acceptors (Lipinski definition) is 2. The quantitative estimate of drug-likeness (QED) is 0.348. The maximum absolute atomic E-state index is 11.4. The van der Waals surface area contributed by atoms with E-state index in [1.807, 2.05) is 4.90 Å². The van der Waals surface area contributed by atoms with E-state index < -0.39 is 0 Å². The zero-order valence-corrected chi connectivity index (χ0v) is 14.0. The molecule has 0 aliphatic carbocycles. The SMILES string of the molecule is CCCCN(CCC/C(C)=C/COPP)C(C)=O. The summed E-state index contributed by atoms with van der Waals surface area (Å²) in [6, 6.07) is 0. The van der Waals surface area contributed by atoms with E-state index >= 15 is 0 Å². The van der Waals surface area contributed by atoms with Crippen LogP contribution in [0.2, 0.25) is 0 Å². The fourth-order valence-electron chi connectivity index (χ4n) is 1.66. The fourth-order valence-corrected chi connectivity index (χ4v) is 2.13. The molecular weight excluding hydrogens is 264 g/mol. The van der Waals surface area contributed by atoms with Crippen molar-refractivity contribution in [2.45, 2.75) is 46.5 Å². The maximum Gasteiger partial charge on any atom is 0.219 e. The second-order valence-electron chi connectivity index (χ2n) is 4.44. The molecule has 1 amide bonds. The third-order valence-electron chi connectivity index (χ3n) is 2.82. The molecule has 106 valence electrons. The molecule has 0 saturated carbocycles. The third kappa shape index (κ3) is 10.00. The van der Waals surface area contributed by atoms with Crippen molar-refractivity contribution in [2.24, 2.45) is 0 Å². The summed E-state index contributed by atoms with van der Waals surface area (Å²) in [5.74, 6) is 0.192. The number of amides is 1. The average Bonchev–Trinajstić information content (AvgIpc) is 2.33. The summed E-state index contributed by atoms with van der Waals surface area (Å²) in [5, 5.41) is 0. The van der Waals surface area contributed by atoms with Gasteiger partial charge in [0.25, 0.3) is 0 Å². The third-order valence-corrected chi connectivity index (χ3v) is 3.66. The average molecular weight is 291 g/mol. The summed E-state index contributed by atoms with van der Waals surface area (Å²) in [6.07, 6.45) is 6.43. The number of carbonyl (C=O) groups excluding carboxylic acids is 1. The lowest BCUT2D eigenvalue weighted by molar-refractivity contribution is -0.129. The van der Waals surface area contributed by atoms with Gasteiger partial charge in [0.1, 0.15) is 0 Å². The standard InChI is InChI=1S/C13H27NO2P2/c1-4-5-9-14(13(3)15)10-6-7-12(2)8-11-16-18-17/h8,18H,4-7,9-11,17H2,1-3H3/b12-8+. The second kappa shape index (κ2) is 12.1. The first kappa shape index (κ1) is 18.0. The van der Waals surface area contributed by atoms with Gasteiger partial charge in [-0.25, -0.2) is 0 Å². The van der Waals surface area contributed by atoms with Gasteiger partial charge in [0.2, 0.25) is 5.91 Å². The highest BCUT2D eigenvalue weighted by Gasteiger charge is 2.06. The van der Waals surface area contributed by atoms with Crippen molar-refractivity contribution in [1.29, 1.82) is 0 Å². The highest BCUT2D eigenvalue weighted by atomic mass is 32.0. The summed E-state index contributed by atoms with van der Waals surface area (Å²) >= 11 is 0. The Balaban J connectivity index is 3.83. The van der Waals surface area contributed by atoms with Crippen molar-refractivity contribution in [3.63, 3.8) is 0 Å². The van der Waals surface area contributed by atoms with E-state index in [1.165, 1.54) is 5.57 Å². The molecule has 3 nitrogen and oxygen atoms in total. The minimum absolute atomic E-state index is 0.192. The highest BCUT2D eigenvalue weighted by molar-refractivity contribution is 8.00. The molecule has 0 saturated heterocycles. The number of carbonyl (C=O) groups is 1. The monoisotopic (exact) mass is 291 g/mol. The second-order valence-corrected chi connectivity index (χ2v) is 5.67. The minimum atomic E-state index is 0.192. The molecule has 18 heavy (non-hydrogen) atoms. The van der Waals surface area contributed by atoms with Gasteiger partial charge in [-0.2, -0.15) is 0 Å². The molecule has 2 unspecified atom stereocenters. The molecular formula is C13H27NO2P2. The van der Waals surface area contributed by atoms with Crippen LogP contribution in [0.5, 0.6) is 0 Å². The Labute approximate surface area is 116 Å². The van der Waals surface area contributed by atoms with Crippen molar-refractivity contribution >= 4 is 23.3 Å². The first-order valence-corrected chi connectivity index (χ1v) is 9.32. The van der Waals surface area contributed by atoms with E-state index in [4.69, 9.17) is 4.52 Å². The molecule has 0 aliphatic heterocycles. The van der Waals surface area contributed by atoms with Crippen LogP contribution in [0, 0.1) is 0 Å². The molecule has 0 bridgehead atoms. The molecule has 0 aromatic heterocycles. The Bertz CT molecular complexity index is 257. The van der Waals surface area contributed by atoms with Gasteiger partial charge >= 0.3 is 0 Å². The summed E-state index contributed by atoms with van der Waals surface area (Å²) < 4.78 is 5.27. The topological polar surface area (TPSA) is 29.5 Å². The van der Waals surface area contributed by atoms with Crippen molar-refractivity contribution in [3.8, 4) is 0 Å². The normalized spacial score (nSPS) is 12.3. The van der Waals surface area contributed by atoms with Crippen LogP contribution in [0.25, 0.3) is 0 Å². The van der Waals surface area contributed by atoms with Gasteiger partial charge < -0.3 is 9.42 Å². The van der Waals surface area contributed by atoms with Crippen LogP contribution >= 0.6 is 17.4 Å². The lowest BCUT2D eigenvalue weighted by Gasteiger charge is -2.20. The van der Waals surface area contributed by atoms with E-state index in [0.29, 0.717) is 15.1 Å². The molecule has 2 atom stereocenters. The number of hydrogen-bond donors (Lipinski definition) is 0. The predicted molar refractivity (Wildman–Crippen MR) is 84.1 cm³/mol. The smallest absolute Gasteiger partial charge is 0.219 e. The van der Waals surface area contributed by atoms with Crippen molar-refractivity contribution < 1.29 is 9.32 Å². The van der Waals surface area contributed by atoms with Gasteiger partial charge in [-0.1, -0.05) is 33.9 Å². The van der Waals surface area contributed by atoms with Gasteiger partial charge in [0.05, 0.1) is 6.61 Å². The summed E-state index contributed by atoms with van der Waals surface area (Å²) in [7, 11) is 3.04. The van der Waals surface area contributed by atoms with E-state index in [9.17, 15) is 4.79 Å². The van der Waals surface area contributed by atoms with E-state index in [1.54, 1.807) is 6.92 Å². The first-order valence-electron chi connectivity index (χ1n) is 6.60. The van der Waals surface area contributed by atoms with Gasteiger partial charge in [0.15, 0.2) is 0 Å². The zero-order chi connectivity index (χ0) is 13.8. The number of nitrogens with zero attached hydrogens (tertiary/aromatic N) is 1. The van der Waals surface area contributed by atoms with E-state index in [0.717, 1.165) is 38.8 Å². The van der Waals surface area contributed by atoms with Crippen LogP contribution in [0.1, 0.15) is 46.5 Å². The molecule has 0 N–H and O–H groups in total. The molecule has 0 aromatic rings. The first-order chi connectivity index (χ1) is 8.61. The lowest BCUT2D eigenvalue weighted by Crippen LogP contribution is -2.30. The van der Waals surface area contributed by atoms with Crippen LogP contribution in [-0.4, -0.2) is 30.5 Å². The molecule has 0 radical (unpaired) electrons. The Morgan fingerprint density at radius 3 is 2.56 bits per heavy atom. The van der Waals surface area contributed by atoms with Crippen molar-refractivity contribution in [3.05, 3.63) is 11.6 Å². The lowest BCUT2D eigenvalue weighted by atomic mass is 10.1. The largest absolute Gasteiger partial charge is 0.354 e. The Morgan fingerprint density at radius 2 is 2.00 bits per heavy atom.